The van der Waals surface area contributed by atoms with Crippen molar-refractivity contribution in [1.82, 2.24) is 39.9 Å². The van der Waals surface area contributed by atoms with Crippen LogP contribution in [0.5, 0.6) is 0 Å². The number of β-amino-alcohol motifs (C(OH)–C–C–N with tert-alkyl or cyclic N) is 1. The normalized spacial score (nSPS) is 18.5. The Labute approximate surface area is 203 Å². The molecule has 1 aliphatic heterocycles. The number of amides is 2. The van der Waals surface area contributed by atoms with Crippen molar-refractivity contribution in [3.05, 3.63) is 78.6 Å². The molecule has 14 heteroatoms. The van der Waals surface area contributed by atoms with Gasteiger partial charge < -0.3 is 10.2 Å². The van der Waals surface area contributed by atoms with E-state index >= 15 is 0 Å². The number of aliphatic hydroxyl groups excluding tert-OH is 1. The zero-order valence-corrected chi connectivity index (χ0v) is 18.9. The van der Waals surface area contributed by atoms with Gasteiger partial charge in [0.25, 0.3) is 0 Å². The third-order valence-electron chi connectivity index (χ3n) is 6.27. The minimum atomic E-state index is -2.10. The van der Waals surface area contributed by atoms with Crippen molar-refractivity contribution in [2.45, 2.75) is 31.3 Å². The Kier molecular flexibility index (Phi) is 5.89. The van der Waals surface area contributed by atoms with Gasteiger partial charge in [-0.2, -0.15) is 5.10 Å². The quantitative estimate of drug-likeness (QED) is 0.387. The summed E-state index contributed by atoms with van der Waals surface area (Å²) in [6.07, 6.45) is 2.66. The molecule has 2 aromatic heterocycles. The van der Waals surface area contributed by atoms with Crippen LogP contribution in [0.15, 0.2) is 61.4 Å². The van der Waals surface area contributed by atoms with Gasteiger partial charge in [0.05, 0.1) is 24.8 Å². The molecule has 0 saturated carbocycles. The highest BCUT2D eigenvalue weighted by Gasteiger charge is 2.49. The molecule has 36 heavy (non-hydrogen) atoms. The molecule has 1 fully saturated rings. The number of nitrogens with zero attached hydrogens (tertiary/aromatic N) is 9. The zero-order valence-electron chi connectivity index (χ0n) is 18.9. The second kappa shape index (κ2) is 9.05. The molecule has 0 bridgehead atoms. The Morgan fingerprint density at radius 3 is 2.53 bits per heavy atom. The molecule has 2 aromatic carbocycles. The SMILES string of the molecule is CC(N1C(=O)N(c2ccc(-n3cnnn3)cc2)CC1O)C(O)(Cn1cncn1)c1ccc(F)cc1F. The van der Waals surface area contributed by atoms with E-state index in [1.165, 1.54) is 40.2 Å². The van der Waals surface area contributed by atoms with E-state index in [4.69, 9.17) is 0 Å². The first-order valence-corrected chi connectivity index (χ1v) is 10.9. The maximum atomic E-state index is 14.9. The number of anilines is 1. The summed E-state index contributed by atoms with van der Waals surface area (Å²) in [5, 5.41) is 37.6. The molecule has 4 aromatic rings. The van der Waals surface area contributed by atoms with Crippen LogP contribution < -0.4 is 4.90 Å². The highest BCUT2D eigenvalue weighted by molar-refractivity contribution is 5.94. The van der Waals surface area contributed by atoms with E-state index in [0.29, 0.717) is 17.4 Å². The zero-order chi connectivity index (χ0) is 25.4. The standard InChI is InChI=1S/C22H21F2N9O3/c1-14(22(36,10-30-12-25-11-27-30)18-7-2-15(23)8-19(18)24)33-20(34)9-31(21(33)35)16-3-5-17(6-4-16)32-13-26-28-29-32/h2-8,11-14,20,34,36H,9-10H2,1H3. The van der Waals surface area contributed by atoms with Gasteiger partial charge >= 0.3 is 6.03 Å². The van der Waals surface area contributed by atoms with Crippen LogP contribution in [-0.4, -0.2) is 74.9 Å². The Hall–Kier alpha value is -4.30. The molecular weight excluding hydrogens is 476 g/mol. The van der Waals surface area contributed by atoms with Crippen molar-refractivity contribution < 1.29 is 23.8 Å². The maximum absolute atomic E-state index is 14.9. The number of aromatic nitrogens is 7. The average Bonchev–Trinajstić information content (AvgIpc) is 3.61. The Morgan fingerprint density at radius 2 is 1.89 bits per heavy atom. The highest BCUT2D eigenvalue weighted by atomic mass is 19.1. The van der Waals surface area contributed by atoms with Gasteiger partial charge in [-0.1, -0.05) is 6.07 Å². The number of aliphatic hydroxyl groups is 2. The van der Waals surface area contributed by atoms with Crippen molar-refractivity contribution in [2.75, 3.05) is 11.4 Å². The minimum absolute atomic E-state index is 0.0985. The lowest BCUT2D eigenvalue weighted by molar-refractivity contribution is -0.0822. The number of halogens is 2. The molecular formula is C22H21F2N9O3. The van der Waals surface area contributed by atoms with Crippen LogP contribution in [0.3, 0.4) is 0 Å². The minimum Gasteiger partial charge on any atom is -0.381 e. The maximum Gasteiger partial charge on any atom is 0.327 e. The molecule has 5 rings (SSSR count). The van der Waals surface area contributed by atoms with E-state index in [-0.39, 0.29) is 18.7 Å². The predicted octanol–water partition coefficient (Wildman–Crippen LogP) is 1.07. The van der Waals surface area contributed by atoms with Gasteiger partial charge in [0.2, 0.25) is 0 Å². The van der Waals surface area contributed by atoms with E-state index in [2.05, 4.69) is 25.6 Å². The van der Waals surface area contributed by atoms with E-state index in [1.54, 1.807) is 24.3 Å². The number of carbonyl (C=O) groups is 1. The highest BCUT2D eigenvalue weighted by Crippen LogP contribution is 2.36. The summed E-state index contributed by atoms with van der Waals surface area (Å²) in [7, 11) is 0. The Morgan fingerprint density at radius 1 is 1.14 bits per heavy atom. The smallest absolute Gasteiger partial charge is 0.327 e. The average molecular weight is 497 g/mol. The lowest BCUT2D eigenvalue weighted by Gasteiger charge is -2.40. The molecule has 0 aliphatic carbocycles. The van der Waals surface area contributed by atoms with E-state index < -0.39 is 35.5 Å². The molecule has 2 amide bonds. The van der Waals surface area contributed by atoms with Gasteiger partial charge in [0.15, 0.2) is 0 Å². The van der Waals surface area contributed by atoms with E-state index in [9.17, 15) is 23.8 Å². The van der Waals surface area contributed by atoms with Gasteiger partial charge in [0.1, 0.15) is 42.4 Å². The van der Waals surface area contributed by atoms with Gasteiger partial charge in [-0.05, 0) is 47.7 Å². The molecule has 1 saturated heterocycles. The van der Waals surface area contributed by atoms with E-state index in [1.807, 2.05) is 0 Å². The number of benzene rings is 2. The monoisotopic (exact) mass is 497 g/mol. The van der Waals surface area contributed by atoms with Crippen molar-refractivity contribution in [2.24, 2.45) is 0 Å². The molecule has 1 aliphatic rings. The number of rotatable bonds is 7. The van der Waals surface area contributed by atoms with Crippen LogP contribution in [0.25, 0.3) is 5.69 Å². The second-order valence-electron chi connectivity index (χ2n) is 8.37. The van der Waals surface area contributed by atoms with Crippen LogP contribution in [-0.2, 0) is 12.1 Å². The number of tetrazole rings is 1. The number of carbonyl (C=O) groups excluding carboxylic acids is 1. The first-order chi connectivity index (χ1) is 17.3. The first kappa shape index (κ1) is 23.4. The second-order valence-corrected chi connectivity index (χ2v) is 8.37. The van der Waals surface area contributed by atoms with Crippen LogP contribution in [0.1, 0.15) is 12.5 Å². The fraction of sp³-hybridized carbons (Fsp3) is 0.273. The Bertz CT molecular complexity index is 1350. The first-order valence-electron chi connectivity index (χ1n) is 10.9. The summed E-state index contributed by atoms with van der Waals surface area (Å²) in [6, 6.07) is 7.74. The van der Waals surface area contributed by atoms with Crippen molar-refractivity contribution in [3.8, 4) is 5.69 Å². The fourth-order valence-electron chi connectivity index (χ4n) is 4.38. The van der Waals surface area contributed by atoms with Crippen LogP contribution in [0, 0.1) is 11.6 Å². The predicted molar refractivity (Wildman–Crippen MR) is 119 cm³/mol. The molecule has 3 unspecified atom stereocenters. The summed E-state index contributed by atoms with van der Waals surface area (Å²) >= 11 is 0. The summed E-state index contributed by atoms with van der Waals surface area (Å²) in [5.74, 6) is -1.82. The lowest BCUT2D eigenvalue weighted by Crippen LogP contribution is -2.55. The topological polar surface area (TPSA) is 138 Å². The molecule has 2 N–H and O–H groups in total. The largest absolute Gasteiger partial charge is 0.381 e. The summed E-state index contributed by atoms with van der Waals surface area (Å²) < 4.78 is 31.2. The molecule has 186 valence electrons. The summed E-state index contributed by atoms with van der Waals surface area (Å²) in [6.45, 7) is 1.07. The molecule has 3 heterocycles. The number of hydrogen-bond donors (Lipinski definition) is 2. The van der Waals surface area contributed by atoms with Crippen molar-refractivity contribution in [3.63, 3.8) is 0 Å². The Balaban J connectivity index is 1.46. The number of urea groups is 1. The van der Waals surface area contributed by atoms with Crippen molar-refractivity contribution in [1.29, 1.82) is 0 Å². The van der Waals surface area contributed by atoms with E-state index in [0.717, 1.165) is 17.0 Å². The number of hydrogen-bond acceptors (Lipinski definition) is 8. The van der Waals surface area contributed by atoms with Gasteiger partial charge in [-0.25, -0.2) is 27.9 Å². The van der Waals surface area contributed by atoms with Crippen LogP contribution in [0.4, 0.5) is 19.3 Å². The molecule has 0 radical (unpaired) electrons. The molecule has 12 nitrogen and oxygen atoms in total. The van der Waals surface area contributed by atoms with Crippen molar-refractivity contribution >= 4 is 11.7 Å². The van der Waals surface area contributed by atoms with Crippen LogP contribution >= 0.6 is 0 Å². The summed E-state index contributed by atoms with van der Waals surface area (Å²) in [5.41, 5.74) is -1.20. The third-order valence-corrected chi connectivity index (χ3v) is 6.27. The lowest BCUT2D eigenvalue weighted by atomic mass is 9.85. The van der Waals surface area contributed by atoms with Gasteiger partial charge in [0, 0.05) is 17.3 Å². The third kappa shape index (κ3) is 4.05. The molecule has 0 spiro atoms. The fourth-order valence-corrected chi connectivity index (χ4v) is 4.38. The van der Waals surface area contributed by atoms with Gasteiger partial charge in [-0.3, -0.25) is 9.80 Å². The van der Waals surface area contributed by atoms with Gasteiger partial charge in [-0.15, -0.1) is 5.10 Å². The summed E-state index contributed by atoms with van der Waals surface area (Å²) in [4.78, 5) is 19.7. The van der Waals surface area contributed by atoms with Crippen LogP contribution in [0.2, 0.25) is 0 Å². The molecule has 3 atom stereocenters.